The van der Waals surface area contributed by atoms with Crippen LogP contribution in [0.15, 0.2) is 0 Å². The van der Waals surface area contributed by atoms with Gasteiger partial charge in [0, 0.05) is 0 Å². The molecule has 0 saturated carbocycles. The Bertz CT molecular complexity index is 238. The van der Waals surface area contributed by atoms with Crippen molar-refractivity contribution < 1.29 is 24.1 Å². The topological polar surface area (TPSA) is 91.7 Å². The Morgan fingerprint density at radius 2 is 2.00 bits per heavy atom. The van der Waals surface area contributed by atoms with Gasteiger partial charge in [0.2, 0.25) is 0 Å². The summed E-state index contributed by atoms with van der Waals surface area (Å²) in [5.41, 5.74) is -3.43. The third-order valence-corrected chi connectivity index (χ3v) is 2.98. The lowest BCUT2D eigenvalue weighted by molar-refractivity contribution is -0.158. The van der Waals surface area contributed by atoms with Crippen molar-refractivity contribution in [3.63, 3.8) is 0 Å². The first-order valence-electron chi connectivity index (χ1n) is 3.45. The minimum absolute atomic E-state index is 0.132. The highest BCUT2D eigenvalue weighted by Gasteiger charge is 2.43. The van der Waals surface area contributed by atoms with E-state index in [1.807, 2.05) is 0 Å². The molecule has 0 aromatic heterocycles. The molecule has 0 aromatic carbocycles. The number of aliphatic carboxylic acids is 1. The van der Waals surface area contributed by atoms with Gasteiger partial charge in [-0.1, -0.05) is 6.92 Å². The maximum Gasteiger partial charge on any atom is 0.336 e. The van der Waals surface area contributed by atoms with Gasteiger partial charge in [-0.2, -0.15) is 0 Å². The van der Waals surface area contributed by atoms with Crippen molar-refractivity contribution in [1.82, 2.24) is 0 Å². The molecule has 0 bridgehead atoms. The molecule has 0 saturated heterocycles. The van der Waals surface area contributed by atoms with Gasteiger partial charge in [-0.25, -0.2) is 13.9 Å². The van der Waals surface area contributed by atoms with Gasteiger partial charge in [0.15, 0.2) is 5.60 Å². The molecule has 0 amide bonds. The normalized spacial score (nSPS) is 17.9. The van der Waals surface area contributed by atoms with Gasteiger partial charge >= 0.3 is 13.6 Å². The number of aliphatic hydroxyl groups is 1. The van der Waals surface area contributed by atoms with Crippen LogP contribution in [0.1, 0.15) is 20.3 Å². The molecule has 0 aliphatic carbocycles. The van der Waals surface area contributed by atoms with Crippen LogP contribution in [0.2, 0.25) is 0 Å². The molecule has 6 heteroatoms. The fourth-order valence-corrected chi connectivity index (χ4v) is 1.44. The zero-order chi connectivity index (χ0) is 9.94. The third-order valence-electron chi connectivity index (χ3n) is 1.92. The summed E-state index contributed by atoms with van der Waals surface area (Å²) >= 11 is 0. The summed E-state index contributed by atoms with van der Waals surface area (Å²) in [6.07, 6.45) is -0.132. The van der Waals surface area contributed by atoms with Gasteiger partial charge in [0.05, 0.1) is 0 Å². The zero-order valence-corrected chi connectivity index (χ0v) is 7.75. The highest BCUT2D eigenvalue weighted by atomic mass is 31.1. The summed E-state index contributed by atoms with van der Waals surface area (Å²) in [7, 11) is -2.92. The molecule has 2 atom stereocenters. The maximum absolute atomic E-state index is 10.5. The molecule has 0 spiro atoms. The molecule has 12 heavy (non-hydrogen) atoms. The van der Waals surface area contributed by atoms with E-state index in [1.54, 1.807) is 0 Å². The second-order valence-corrected chi connectivity index (χ2v) is 3.89. The highest BCUT2D eigenvalue weighted by molar-refractivity contribution is 7.31. The maximum atomic E-state index is 10.5. The minimum atomic E-state index is -2.92. The Morgan fingerprint density at radius 1 is 1.58 bits per heavy atom. The summed E-state index contributed by atoms with van der Waals surface area (Å²) < 4.78 is 20.8. The number of carboxylic acid groups (broad SMARTS) is 1. The average Bonchev–Trinajstić information content (AvgIpc) is 2.01. The van der Waals surface area contributed by atoms with Crippen molar-refractivity contribution in [2.75, 3.05) is 0 Å². The number of hydrogen-bond donors (Lipinski definition) is 2. The van der Waals surface area contributed by atoms with Crippen molar-refractivity contribution >= 4 is 13.6 Å². The molecular formula is C6H11O5P. The van der Waals surface area contributed by atoms with E-state index < -0.39 is 24.9 Å². The highest BCUT2D eigenvalue weighted by Crippen LogP contribution is 2.28. The first-order chi connectivity index (χ1) is 5.36. The number of rotatable bonds is 4. The molecule has 2 N–H and O–H groups in total. The fourth-order valence-electron chi connectivity index (χ4n) is 0.800. The minimum Gasteiger partial charge on any atom is -0.479 e. The molecule has 0 aliphatic rings. The van der Waals surface area contributed by atoms with Crippen LogP contribution in [0.4, 0.5) is 0 Å². The molecule has 70 valence electrons. The van der Waals surface area contributed by atoms with Crippen LogP contribution in [0, 0.1) is 0 Å². The van der Waals surface area contributed by atoms with E-state index >= 15 is 0 Å². The number of carboxylic acids is 1. The molecule has 2 unspecified atom stereocenters. The van der Waals surface area contributed by atoms with Gasteiger partial charge in [0.25, 0.3) is 0 Å². The van der Waals surface area contributed by atoms with E-state index in [4.69, 9.17) is 5.11 Å². The Balaban J connectivity index is 4.87. The molecule has 5 nitrogen and oxygen atoms in total. The van der Waals surface area contributed by atoms with E-state index in [0.29, 0.717) is 0 Å². The lowest BCUT2D eigenvalue weighted by Gasteiger charge is -2.23. The first kappa shape index (κ1) is 11.3. The van der Waals surface area contributed by atoms with Gasteiger partial charge in [-0.3, -0.25) is 0 Å². The largest absolute Gasteiger partial charge is 0.479 e. The van der Waals surface area contributed by atoms with E-state index in [2.05, 4.69) is 0 Å². The van der Waals surface area contributed by atoms with E-state index in [9.17, 15) is 19.0 Å². The quantitative estimate of drug-likeness (QED) is 0.645. The van der Waals surface area contributed by atoms with Gasteiger partial charge in [-0.15, -0.1) is 0 Å². The molecule has 0 heterocycles. The molecule has 0 radical (unpaired) electrons. The lowest BCUT2D eigenvalue weighted by atomic mass is 9.97. The van der Waals surface area contributed by atoms with Gasteiger partial charge in [-0.05, 0) is 13.3 Å². The first-order valence-corrected chi connectivity index (χ1v) is 4.70. The van der Waals surface area contributed by atoms with Crippen molar-refractivity contribution in [1.29, 1.82) is 0 Å². The van der Waals surface area contributed by atoms with Crippen molar-refractivity contribution in [3.8, 4) is 0 Å². The second kappa shape index (κ2) is 3.83. The fraction of sp³-hybridized carbons (Fsp3) is 0.833. The summed E-state index contributed by atoms with van der Waals surface area (Å²) in [5.74, 6) is -1.50. The van der Waals surface area contributed by atoms with E-state index in [-0.39, 0.29) is 6.42 Å². The molecule has 0 rings (SSSR count). The predicted molar refractivity (Wildman–Crippen MR) is 40.6 cm³/mol. The Kier molecular flexibility index (Phi) is 3.61. The van der Waals surface area contributed by atoms with Crippen molar-refractivity contribution in [2.45, 2.75) is 31.5 Å². The molecular weight excluding hydrogens is 183 g/mol. The zero-order valence-electron chi connectivity index (χ0n) is 6.85. The monoisotopic (exact) mass is 194 g/mol. The summed E-state index contributed by atoms with van der Waals surface area (Å²) in [5, 5.41) is 17.9. The lowest BCUT2D eigenvalue weighted by Crippen LogP contribution is -2.45. The summed E-state index contributed by atoms with van der Waals surface area (Å²) in [6.45, 7) is 2.59. The number of hydrogen-bond acceptors (Lipinski definition) is 4. The third kappa shape index (κ3) is 1.93. The van der Waals surface area contributed by atoms with Crippen LogP contribution in [0.5, 0.6) is 0 Å². The SMILES string of the molecule is CCC(O)(C(=O)O)C(C)P(=O)=O. The van der Waals surface area contributed by atoms with Crippen molar-refractivity contribution in [2.24, 2.45) is 0 Å². The smallest absolute Gasteiger partial charge is 0.336 e. The second-order valence-electron chi connectivity index (χ2n) is 2.54. The summed E-state index contributed by atoms with van der Waals surface area (Å²) in [6, 6.07) is 0. The van der Waals surface area contributed by atoms with Gasteiger partial charge < -0.3 is 10.2 Å². The predicted octanol–water partition coefficient (Wildman–Crippen LogP) is 0.773. The Hall–Kier alpha value is -0.670. The Labute approximate surface area is 70.2 Å². The van der Waals surface area contributed by atoms with Crippen LogP contribution in [-0.2, 0) is 13.9 Å². The van der Waals surface area contributed by atoms with Crippen molar-refractivity contribution in [3.05, 3.63) is 0 Å². The molecule has 0 fully saturated rings. The standard InChI is InChI=1S/C6H11O5P/c1-3-6(9,5(7)8)4(2)12(10)11/h4,9H,3H2,1-2H3,(H,7,8). The molecule has 0 aromatic rings. The van der Waals surface area contributed by atoms with E-state index in [0.717, 1.165) is 0 Å². The van der Waals surface area contributed by atoms with E-state index in [1.165, 1.54) is 13.8 Å². The Morgan fingerprint density at radius 3 is 2.08 bits per heavy atom. The van der Waals surface area contributed by atoms with Crippen LogP contribution in [-0.4, -0.2) is 27.4 Å². The average molecular weight is 194 g/mol. The van der Waals surface area contributed by atoms with Gasteiger partial charge in [0.1, 0.15) is 5.66 Å². The summed E-state index contributed by atoms with van der Waals surface area (Å²) in [4.78, 5) is 10.5. The van der Waals surface area contributed by atoms with Crippen LogP contribution < -0.4 is 0 Å². The number of carbonyl (C=O) groups is 1. The van der Waals surface area contributed by atoms with Crippen LogP contribution in [0.25, 0.3) is 0 Å². The molecule has 0 aliphatic heterocycles. The van der Waals surface area contributed by atoms with Crippen LogP contribution in [0.3, 0.4) is 0 Å². The van der Waals surface area contributed by atoms with Crippen LogP contribution >= 0.6 is 7.68 Å².